The molecular weight excluding hydrogens is 348 g/mol. The summed E-state index contributed by atoms with van der Waals surface area (Å²) < 4.78 is 0. The molecule has 1 aliphatic heterocycles. The van der Waals surface area contributed by atoms with Crippen molar-refractivity contribution in [2.24, 2.45) is 5.92 Å². The summed E-state index contributed by atoms with van der Waals surface area (Å²) in [5.74, 6) is 0.726. The van der Waals surface area contributed by atoms with Crippen LogP contribution in [0.25, 0.3) is 0 Å². The van der Waals surface area contributed by atoms with Gasteiger partial charge in [-0.25, -0.2) is 0 Å². The van der Waals surface area contributed by atoms with Crippen molar-refractivity contribution >= 4 is 11.7 Å². The summed E-state index contributed by atoms with van der Waals surface area (Å²) in [6, 6.07) is 19.9. The van der Waals surface area contributed by atoms with Gasteiger partial charge < -0.3 is 5.32 Å². The van der Waals surface area contributed by atoms with E-state index in [0.717, 1.165) is 37.9 Å². The first-order valence-corrected chi connectivity index (χ1v) is 10.3. The number of carbonyl (C=O) groups is 2. The summed E-state index contributed by atoms with van der Waals surface area (Å²) in [5.41, 5.74) is 2.07. The average molecular weight is 379 g/mol. The van der Waals surface area contributed by atoms with Gasteiger partial charge in [0.25, 0.3) is 0 Å². The minimum absolute atomic E-state index is 0.0715. The molecule has 4 nitrogen and oxygen atoms in total. The van der Waals surface area contributed by atoms with Gasteiger partial charge in [-0.1, -0.05) is 67.6 Å². The Labute approximate surface area is 167 Å². The van der Waals surface area contributed by atoms with Crippen LogP contribution in [0.1, 0.15) is 48.0 Å². The Morgan fingerprint density at radius 1 is 1.00 bits per heavy atom. The third-order valence-electron chi connectivity index (χ3n) is 5.69. The van der Waals surface area contributed by atoms with Gasteiger partial charge in [0.05, 0.1) is 6.54 Å². The van der Waals surface area contributed by atoms with Crippen molar-refractivity contribution in [3.05, 3.63) is 71.8 Å². The zero-order valence-electron chi connectivity index (χ0n) is 16.6. The molecule has 1 atom stereocenters. The second-order valence-electron chi connectivity index (χ2n) is 7.60. The first-order chi connectivity index (χ1) is 13.7. The Hall–Kier alpha value is -2.46. The normalized spacial score (nSPS) is 16.5. The van der Waals surface area contributed by atoms with Crippen LogP contribution in [0.5, 0.6) is 0 Å². The van der Waals surface area contributed by atoms with Crippen LogP contribution in [0.2, 0.25) is 0 Å². The van der Waals surface area contributed by atoms with Crippen LogP contribution in [0.3, 0.4) is 0 Å². The molecule has 1 amide bonds. The number of hydrogen-bond donors (Lipinski definition) is 1. The van der Waals surface area contributed by atoms with Gasteiger partial charge in [-0.05, 0) is 37.9 Å². The summed E-state index contributed by atoms with van der Waals surface area (Å²) in [6.07, 6.45) is 2.64. The Kier molecular flexibility index (Phi) is 7.38. The summed E-state index contributed by atoms with van der Waals surface area (Å²) in [4.78, 5) is 27.1. The fraction of sp³-hybridized carbons (Fsp3) is 0.417. The Morgan fingerprint density at radius 2 is 1.61 bits per heavy atom. The molecule has 0 bridgehead atoms. The van der Waals surface area contributed by atoms with E-state index in [2.05, 4.69) is 29.3 Å². The minimum Gasteiger partial charge on any atom is -0.354 e. The molecule has 1 N–H and O–H groups in total. The summed E-state index contributed by atoms with van der Waals surface area (Å²) in [5, 5.41) is 3.09. The third kappa shape index (κ3) is 5.52. The van der Waals surface area contributed by atoms with Gasteiger partial charge >= 0.3 is 0 Å². The predicted molar refractivity (Wildman–Crippen MR) is 112 cm³/mol. The molecule has 1 heterocycles. The van der Waals surface area contributed by atoms with E-state index in [0.29, 0.717) is 19.0 Å². The van der Waals surface area contributed by atoms with Crippen LogP contribution in [0.15, 0.2) is 60.7 Å². The highest BCUT2D eigenvalue weighted by Gasteiger charge is 2.26. The Morgan fingerprint density at radius 3 is 2.21 bits per heavy atom. The van der Waals surface area contributed by atoms with Gasteiger partial charge in [0.1, 0.15) is 0 Å². The number of Topliss-reactive ketones (excluding diaryl/α,β-unsaturated/α-hetero) is 1. The van der Waals surface area contributed by atoms with Gasteiger partial charge in [0, 0.05) is 23.9 Å². The number of likely N-dealkylation sites (tertiary alicyclic amines) is 1. The van der Waals surface area contributed by atoms with Crippen LogP contribution >= 0.6 is 0 Å². The summed E-state index contributed by atoms with van der Waals surface area (Å²) in [7, 11) is 0. The van der Waals surface area contributed by atoms with E-state index in [1.807, 2.05) is 48.5 Å². The van der Waals surface area contributed by atoms with Crippen molar-refractivity contribution < 1.29 is 9.59 Å². The molecule has 4 heteroatoms. The Bertz CT molecular complexity index is 753. The van der Waals surface area contributed by atoms with Crippen LogP contribution in [0, 0.1) is 5.92 Å². The lowest BCUT2D eigenvalue weighted by Gasteiger charge is -2.31. The second kappa shape index (κ2) is 10.2. The van der Waals surface area contributed by atoms with E-state index in [9.17, 15) is 9.59 Å². The number of rotatable bonds is 8. The van der Waals surface area contributed by atoms with Crippen molar-refractivity contribution in [3.8, 4) is 0 Å². The maximum atomic E-state index is 12.6. The maximum Gasteiger partial charge on any atom is 0.234 e. The SMILES string of the molecule is CCC(CNC(=O)CN1CCC(C(=O)c2ccccc2)CC1)c1ccccc1. The molecule has 1 saturated heterocycles. The van der Waals surface area contributed by atoms with E-state index < -0.39 is 0 Å². The van der Waals surface area contributed by atoms with Crippen molar-refractivity contribution in [2.45, 2.75) is 32.1 Å². The van der Waals surface area contributed by atoms with Crippen molar-refractivity contribution in [1.29, 1.82) is 0 Å². The van der Waals surface area contributed by atoms with Gasteiger partial charge in [0.2, 0.25) is 5.91 Å². The highest BCUT2D eigenvalue weighted by Crippen LogP contribution is 2.22. The van der Waals surface area contributed by atoms with E-state index >= 15 is 0 Å². The monoisotopic (exact) mass is 378 g/mol. The number of nitrogens with one attached hydrogen (secondary N) is 1. The highest BCUT2D eigenvalue weighted by atomic mass is 16.2. The van der Waals surface area contributed by atoms with E-state index in [1.165, 1.54) is 5.56 Å². The molecule has 0 saturated carbocycles. The molecule has 3 rings (SSSR count). The number of nitrogens with zero attached hydrogens (tertiary/aromatic N) is 1. The molecule has 1 fully saturated rings. The van der Waals surface area contributed by atoms with Crippen LogP contribution in [0.4, 0.5) is 0 Å². The smallest absolute Gasteiger partial charge is 0.234 e. The second-order valence-corrected chi connectivity index (χ2v) is 7.60. The third-order valence-corrected chi connectivity index (χ3v) is 5.69. The average Bonchev–Trinajstić information content (AvgIpc) is 2.75. The molecule has 2 aromatic carbocycles. The van der Waals surface area contributed by atoms with Crippen LogP contribution in [-0.4, -0.2) is 42.8 Å². The van der Waals surface area contributed by atoms with Crippen LogP contribution < -0.4 is 5.32 Å². The lowest BCUT2D eigenvalue weighted by molar-refractivity contribution is -0.122. The van der Waals surface area contributed by atoms with Gasteiger partial charge in [-0.2, -0.15) is 0 Å². The van der Waals surface area contributed by atoms with Crippen molar-refractivity contribution in [3.63, 3.8) is 0 Å². The molecule has 1 unspecified atom stereocenters. The van der Waals surface area contributed by atoms with E-state index in [4.69, 9.17) is 0 Å². The molecule has 0 aromatic heterocycles. The number of ketones is 1. The summed E-state index contributed by atoms with van der Waals surface area (Å²) >= 11 is 0. The molecule has 1 aliphatic rings. The quantitative estimate of drug-likeness (QED) is 0.709. The molecule has 0 radical (unpaired) electrons. The van der Waals surface area contributed by atoms with Crippen LogP contribution in [-0.2, 0) is 4.79 Å². The number of carbonyl (C=O) groups excluding carboxylic acids is 2. The number of piperidine rings is 1. The van der Waals surface area contributed by atoms with Gasteiger partial charge in [-0.15, -0.1) is 0 Å². The minimum atomic E-state index is 0.0715. The zero-order chi connectivity index (χ0) is 19.8. The predicted octanol–water partition coefficient (Wildman–Crippen LogP) is 3.89. The number of benzene rings is 2. The van der Waals surface area contributed by atoms with Crippen molar-refractivity contribution in [1.82, 2.24) is 10.2 Å². The Balaban J connectivity index is 1.42. The molecule has 148 valence electrons. The first kappa shape index (κ1) is 20.3. The van der Waals surface area contributed by atoms with E-state index in [1.54, 1.807) is 0 Å². The molecule has 0 aliphatic carbocycles. The largest absolute Gasteiger partial charge is 0.354 e. The maximum absolute atomic E-state index is 12.6. The number of hydrogen-bond acceptors (Lipinski definition) is 3. The topological polar surface area (TPSA) is 49.4 Å². The lowest BCUT2D eigenvalue weighted by Crippen LogP contribution is -2.43. The first-order valence-electron chi connectivity index (χ1n) is 10.3. The fourth-order valence-electron chi connectivity index (χ4n) is 3.91. The standard InChI is InChI=1S/C24H30N2O2/c1-2-19(20-9-5-3-6-10-20)17-25-23(27)18-26-15-13-22(14-16-26)24(28)21-11-7-4-8-12-21/h3-12,19,22H,2,13-18H2,1H3,(H,25,27). The van der Waals surface area contributed by atoms with E-state index in [-0.39, 0.29) is 17.6 Å². The molecular formula is C24H30N2O2. The fourth-order valence-corrected chi connectivity index (χ4v) is 3.91. The summed E-state index contributed by atoms with van der Waals surface area (Å²) in [6.45, 7) is 4.83. The van der Waals surface area contributed by atoms with Crippen molar-refractivity contribution in [2.75, 3.05) is 26.2 Å². The highest BCUT2D eigenvalue weighted by molar-refractivity contribution is 5.97. The lowest BCUT2D eigenvalue weighted by atomic mass is 9.89. The number of amides is 1. The molecule has 28 heavy (non-hydrogen) atoms. The molecule has 2 aromatic rings. The van der Waals surface area contributed by atoms with Gasteiger partial charge in [0.15, 0.2) is 5.78 Å². The zero-order valence-corrected chi connectivity index (χ0v) is 16.6. The van der Waals surface area contributed by atoms with Gasteiger partial charge in [-0.3, -0.25) is 14.5 Å². The molecule has 0 spiro atoms.